The van der Waals surface area contributed by atoms with Crippen molar-refractivity contribution in [3.8, 4) is 0 Å². The van der Waals surface area contributed by atoms with Crippen molar-refractivity contribution in [1.29, 1.82) is 0 Å². The van der Waals surface area contributed by atoms with Crippen LogP contribution in [0.2, 0.25) is 0 Å². The molecule has 3 amide bonds. The fraction of sp³-hybridized carbons (Fsp3) is 0.348. The highest BCUT2D eigenvalue weighted by Gasteiger charge is 2.43. The Hall–Kier alpha value is -3.15. The lowest BCUT2D eigenvalue weighted by atomic mass is 9.79. The zero-order valence-electron chi connectivity index (χ0n) is 16.7. The first-order valence-corrected chi connectivity index (χ1v) is 9.97. The lowest BCUT2D eigenvalue weighted by Gasteiger charge is -2.44. The molecule has 0 saturated heterocycles. The van der Waals surface area contributed by atoms with Gasteiger partial charge in [0.05, 0.1) is 0 Å². The number of amides is 3. The van der Waals surface area contributed by atoms with Gasteiger partial charge in [0.1, 0.15) is 6.04 Å². The van der Waals surface area contributed by atoms with Gasteiger partial charge in [-0.25, -0.2) is 0 Å². The van der Waals surface area contributed by atoms with E-state index in [1.807, 2.05) is 42.5 Å². The fourth-order valence-electron chi connectivity index (χ4n) is 4.54. The van der Waals surface area contributed by atoms with Crippen LogP contribution in [0.4, 0.5) is 5.69 Å². The summed E-state index contributed by atoms with van der Waals surface area (Å²) in [4.78, 5) is 42.0. The van der Waals surface area contributed by atoms with Crippen molar-refractivity contribution in [3.05, 3.63) is 65.2 Å². The second kappa shape index (κ2) is 7.70. The Morgan fingerprint density at radius 2 is 1.86 bits per heavy atom. The number of nitrogens with zero attached hydrogens (tertiary/aromatic N) is 2. The summed E-state index contributed by atoms with van der Waals surface area (Å²) in [7, 11) is 3.38. The van der Waals surface area contributed by atoms with E-state index in [0.717, 1.165) is 11.1 Å². The van der Waals surface area contributed by atoms with Gasteiger partial charge in [0.2, 0.25) is 11.8 Å². The second-order valence-electron chi connectivity index (χ2n) is 7.74. The fourth-order valence-corrected chi connectivity index (χ4v) is 4.54. The van der Waals surface area contributed by atoms with Gasteiger partial charge in [-0.3, -0.25) is 19.3 Å². The minimum atomic E-state index is -0.572. The quantitative estimate of drug-likeness (QED) is 0.870. The lowest BCUT2D eigenvalue weighted by molar-refractivity contribution is -0.126. The van der Waals surface area contributed by atoms with E-state index < -0.39 is 6.04 Å². The van der Waals surface area contributed by atoms with E-state index in [-0.39, 0.29) is 23.6 Å². The topological polar surface area (TPSA) is 69.7 Å². The van der Waals surface area contributed by atoms with Gasteiger partial charge in [-0.1, -0.05) is 36.4 Å². The van der Waals surface area contributed by atoms with Crippen LogP contribution in [0.3, 0.4) is 0 Å². The highest BCUT2D eigenvalue weighted by atomic mass is 16.2. The summed E-state index contributed by atoms with van der Waals surface area (Å²) in [5.41, 5.74) is 3.33. The van der Waals surface area contributed by atoms with E-state index in [9.17, 15) is 14.4 Å². The number of hydrogen-bond acceptors (Lipinski definition) is 3. The molecule has 0 aliphatic carbocycles. The highest BCUT2D eigenvalue weighted by molar-refractivity contribution is 6.06. The molecule has 1 N–H and O–H groups in total. The first-order valence-electron chi connectivity index (χ1n) is 9.97. The van der Waals surface area contributed by atoms with Crippen LogP contribution in [0.15, 0.2) is 48.5 Å². The average Bonchev–Trinajstić information content (AvgIpc) is 2.75. The van der Waals surface area contributed by atoms with E-state index in [4.69, 9.17) is 0 Å². The molecule has 0 bridgehead atoms. The Bertz CT molecular complexity index is 957. The Morgan fingerprint density at radius 1 is 1.10 bits per heavy atom. The third-order valence-electron chi connectivity index (χ3n) is 5.93. The molecule has 0 unspecified atom stereocenters. The van der Waals surface area contributed by atoms with Gasteiger partial charge in [0, 0.05) is 44.2 Å². The summed E-state index contributed by atoms with van der Waals surface area (Å²) >= 11 is 0. The number of hydrogen-bond donors (Lipinski definition) is 1. The lowest BCUT2D eigenvalue weighted by Crippen LogP contribution is -2.54. The maximum absolute atomic E-state index is 13.3. The third-order valence-corrected chi connectivity index (χ3v) is 5.93. The number of benzene rings is 2. The number of carbonyl (C=O) groups excluding carboxylic acids is 3. The molecule has 2 aliphatic rings. The molecule has 0 saturated carbocycles. The maximum atomic E-state index is 13.3. The number of anilines is 1. The van der Waals surface area contributed by atoms with Gasteiger partial charge >= 0.3 is 0 Å². The van der Waals surface area contributed by atoms with Crippen LogP contribution in [0.5, 0.6) is 0 Å². The summed E-state index contributed by atoms with van der Waals surface area (Å²) in [6.45, 7) is 0.558. The molecule has 0 radical (unpaired) electrons. The van der Waals surface area contributed by atoms with Gasteiger partial charge in [0.15, 0.2) is 0 Å². The Kier molecular flexibility index (Phi) is 5.09. The predicted molar refractivity (Wildman–Crippen MR) is 111 cm³/mol. The molecule has 150 valence electrons. The minimum Gasteiger partial charge on any atom is -0.357 e. The SMILES string of the molecule is CNC(=O)[C@@H]1C[C@H]2CN(C)C(=O)c3cccc(c32)N1C(=O)CCc1ccccc1. The second-order valence-corrected chi connectivity index (χ2v) is 7.74. The van der Waals surface area contributed by atoms with Crippen LogP contribution in [0, 0.1) is 0 Å². The molecular formula is C23H25N3O3. The van der Waals surface area contributed by atoms with Crippen LogP contribution in [-0.4, -0.2) is 49.3 Å². The van der Waals surface area contributed by atoms with E-state index >= 15 is 0 Å². The normalized spacial score (nSPS) is 20.3. The summed E-state index contributed by atoms with van der Waals surface area (Å²) in [6, 6.07) is 14.7. The molecular weight excluding hydrogens is 366 g/mol. The van der Waals surface area contributed by atoms with Crippen molar-refractivity contribution in [2.24, 2.45) is 0 Å². The summed E-state index contributed by atoms with van der Waals surface area (Å²) in [5.74, 6) is -0.258. The number of aryl methyl sites for hydroxylation is 1. The largest absolute Gasteiger partial charge is 0.357 e. The zero-order chi connectivity index (χ0) is 20.5. The maximum Gasteiger partial charge on any atom is 0.253 e. The van der Waals surface area contributed by atoms with Crippen LogP contribution in [-0.2, 0) is 16.0 Å². The van der Waals surface area contributed by atoms with Gasteiger partial charge < -0.3 is 10.2 Å². The van der Waals surface area contributed by atoms with Crippen molar-refractivity contribution >= 4 is 23.4 Å². The predicted octanol–water partition coefficient (Wildman–Crippen LogP) is 2.34. The molecule has 29 heavy (non-hydrogen) atoms. The standard InChI is InChI=1S/C23H25N3O3/c1-24-22(28)19-13-16-14-25(2)23(29)17-9-6-10-18(21(16)17)26(19)20(27)12-11-15-7-4-3-5-8-15/h3-10,16,19H,11-14H2,1-2H3,(H,24,28)/t16-,19-/m0/s1. The first kappa shape index (κ1) is 19.2. The number of nitrogens with one attached hydrogen (secondary N) is 1. The molecule has 0 aromatic heterocycles. The van der Waals surface area contributed by atoms with Gasteiger partial charge in [-0.2, -0.15) is 0 Å². The minimum absolute atomic E-state index is 0.0341. The van der Waals surface area contributed by atoms with Crippen molar-refractivity contribution in [3.63, 3.8) is 0 Å². The summed E-state index contributed by atoms with van der Waals surface area (Å²) in [5, 5.41) is 2.71. The third kappa shape index (κ3) is 3.39. The molecule has 2 aromatic carbocycles. The molecule has 2 heterocycles. The molecule has 0 fully saturated rings. The molecule has 6 nitrogen and oxygen atoms in total. The van der Waals surface area contributed by atoms with Crippen molar-refractivity contribution in [2.45, 2.75) is 31.2 Å². The van der Waals surface area contributed by atoms with Gasteiger partial charge in [-0.05, 0) is 36.1 Å². The number of carbonyl (C=O) groups is 3. The monoisotopic (exact) mass is 391 g/mol. The van der Waals surface area contributed by atoms with Gasteiger partial charge in [0.25, 0.3) is 5.91 Å². The number of likely N-dealkylation sites (N-methyl/N-ethyl adjacent to an activating group) is 2. The molecule has 6 heteroatoms. The van der Waals surface area contributed by atoms with Crippen molar-refractivity contribution in [2.75, 3.05) is 25.5 Å². The highest BCUT2D eigenvalue weighted by Crippen LogP contribution is 2.43. The van der Waals surface area contributed by atoms with E-state index in [1.54, 1.807) is 30.0 Å². The van der Waals surface area contributed by atoms with E-state index in [1.165, 1.54) is 0 Å². The molecule has 2 atom stereocenters. The molecule has 0 spiro atoms. The average molecular weight is 391 g/mol. The Labute approximate surface area is 170 Å². The Morgan fingerprint density at radius 3 is 2.59 bits per heavy atom. The molecule has 2 aromatic rings. The first-order chi connectivity index (χ1) is 14.0. The Balaban J connectivity index is 1.71. The van der Waals surface area contributed by atoms with Crippen LogP contribution in [0.1, 0.15) is 40.2 Å². The van der Waals surface area contributed by atoms with E-state index in [0.29, 0.717) is 37.1 Å². The molecule has 2 aliphatic heterocycles. The van der Waals surface area contributed by atoms with E-state index in [2.05, 4.69) is 5.32 Å². The van der Waals surface area contributed by atoms with Crippen molar-refractivity contribution < 1.29 is 14.4 Å². The zero-order valence-corrected chi connectivity index (χ0v) is 16.7. The van der Waals surface area contributed by atoms with Crippen LogP contribution < -0.4 is 10.2 Å². The molecule has 4 rings (SSSR count). The number of rotatable bonds is 4. The summed E-state index contributed by atoms with van der Waals surface area (Å²) < 4.78 is 0. The van der Waals surface area contributed by atoms with Gasteiger partial charge in [-0.15, -0.1) is 0 Å². The van der Waals surface area contributed by atoms with Crippen LogP contribution >= 0.6 is 0 Å². The van der Waals surface area contributed by atoms with Crippen molar-refractivity contribution in [1.82, 2.24) is 10.2 Å². The summed E-state index contributed by atoms with van der Waals surface area (Å²) in [6.07, 6.45) is 1.43. The van der Waals surface area contributed by atoms with Crippen LogP contribution in [0.25, 0.3) is 0 Å². The smallest absolute Gasteiger partial charge is 0.253 e.